The predicted molar refractivity (Wildman–Crippen MR) is 100 cm³/mol. The van der Waals surface area contributed by atoms with Crippen molar-refractivity contribution in [1.82, 2.24) is 9.80 Å². The van der Waals surface area contributed by atoms with E-state index in [1.807, 2.05) is 34.0 Å². The first-order valence-electron chi connectivity index (χ1n) is 8.01. The summed E-state index contributed by atoms with van der Waals surface area (Å²) in [6, 6.07) is 2.01. The van der Waals surface area contributed by atoms with Gasteiger partial charge in [-0.25, -0.2) is 4.99 Å². The Kier molecular flexibility index (Phi) is 8.20. The molecule has 0 aromatic heterocycles. The van der Waals surface area contributed by atoms with E-state index in [-0.39, 0.29) is 17.5 Å². The van der Waals surface area contributed by atoms with Crippen molar-refractivity contribution in [3.05, 3.63) is 35.6 Å². The number of likely N-dealkylation sites (N-methyl/N-ethyl adjacent to an activating group) is 1. The van der Waals surface area contributed by atoms with Crippen LogP contribution in [0.15, 0.2) is 40.6 Å². The van der Waals surface area contributed by atoms with E-state index in [2.05, 4.69) is 21.4 Å². The highest BCUT2D eigenvalue weighted by Crippen LogP contribution is 2.20. The van der Waals surface area contributed by atoms with Gasteiger partial charge in [0.15, 0.2) is 0 Å². The van der Waals surface area contributed by atoms with Crippen LogP contribution in [0.4, 0.5) is 0 Å². The van der Waals surface area contributed by atoms with Crippen molar-refractivity contribution in [3.63, 3.8) is 0 Å². The van der Waals surface area contributed by atoms with Crippen molar-refractivity contribution < 1.29 is 5.11 Å². The highest BCUT2D eigenvalue weighted by atomic mass is 35.5. The van der Waals surface area contributed by atoms with Crippen LogP contribution in [0.1, 0.15) is 20.3 Å². The van der Waals surface area contributed by atoms with Crippen molar-refractivity contribution in [1.29, 1.82) is 5.26 Å². The summed E-state index contributed by atoms with van der Waals surface area (Å²) in [5, 5.41) is 18.8. The first kappa shape index (κ1) is 20.4. The molecule has 0 radical (unpaired) electrons. The van der Waals surface area contributed by atoms with E-state index >= 15 is 0 Å². The predicted octanol–water partition coefficient (Wildman–Crippen LogP) is 2.55. The van der Waals surface area contributed by atoms with Gasteiger partial charge in [0.25, 0.3) is 0 Å². The Labute approximate surface area is 150 Å². The van der Waals surface area contributed by atoms with Crippen molar-refractivity contribution in [3.8, 4) is 6.07 Å². The van der Waals surface area contributed by atoms with E-state index in [9.17, 15) is 5.11 Å². The molecule has 0 aromatic rings. The van der Waals surface area contributed by atoms with E-state index in [4.69, 9.17) is 16.9 Å². The number of rotatable bonds is 7. The summed E-state index contributed by atoms with van der Waals surface area (Å²) >= 11 is 6.17. The van der Waals surface area contributed by atoms with Gasteiger partial charge in [-0.15, -0.1) is 11.6 Å². The van der Waals surface area contributed by atoms with Gasteiger partial charge in [-0.3, -0.25) is 0 Å². The van der Waals surface area contributed by atoms with Crippen molar-refractivity contribution in [2.75, 3.05) is 27.2 Å². The van der Waals surface area contributed by atoms with Gasteiger partial charge < -0.3 is 14.9 Å². The average Bonchev–Trinajstić information content (AvgIpc) is 2.86. The molecule has 132 valence electrons. The standard InChI is InChI=1S/C18H27ClN4O/c1-13(10-20)6-7-16(14(2)15(3)19)21-12-23-9-8-18(24)17(23)11-22(4)5/h6-7,12,15,17-18,24H,1,8-9,11H2,2-5H3/b7-6-,16-14+,21-12?/t15?,17?,18-/m1/s1. The van der Waals surface area contributed by atoms with Crippen LogP contribution in [-0.4, -0.2) is 66.0 Å². The molecule has 1 rings (SSSR count). The van der Waals surface area contributed by atoms with Crippen LogP contribution in [0, 0.1) is 11.3 Å². The van der Waals surface area contributed by atoms with Crippen LogP contribution >= 0.6 is 11.6 Å². The number of nitrogens with zero attached hydrogens (tertiary/aromatic N) is 4. The highest BCUT2D eigenvalue weighted by molar-refractivity contribution is 6.22. The molecule has 1 aliphatic heterocycles. The van der Waals surface area contributed by atoms with E-state index in [1.165, 1.54) is 0 Å². The van der Waals surface area contributed by atoms with Crippen molar-refractivity contribution in [2.24, 2.45) is 4.99 Å². The van der Waals surface area contributed by atoms with Gasteiger partial charge in [0.2, 0.25) is 0 Å². The summed E-state index contributed by atoms with van der Waals surface area (Å²) in [5.74, 6) is 0. The fraction of sp³-hybridized carbons (Fsp3) is 0.556. The van der Waals surface area contributed by atoms with E-state index in [0.717, 1.165) is 25.1 Å². The molecule has 1 aliphatic rings. The zero-order chi connectivity index (χ0) is 18.3. The smallest absolute Gasteiger partial charge is 0.0985 e. The summed E-state index contributed by atoms with van der Waals surface area (Å²) < 4.78 is 0. The van der Waals surface area contributed by atoms with Gasteiger partial charge in [-0.2, -0.15) is 5.26 Å². The largest absolute Gasteiger partial charge is 0.391 e. The quantitative estimate of drug-likeness (QED) is 0.252. The first-order chi connectivity index (χ1) is 11.3. The van der Waals surface area contributed by atoms with Gasteiger partial charge in [0.05, 0.1) is 35.6 Å². The Morgan fingerprint density at radius 1 is 1.54 bits per heavy atom. The minimum atomic E-state index is -0.353. The second-order valence-electron chi connectivity index (χ2n) is 6.32. The van der Waals surface area contributed by atoms with E-state index in [1.54, 1.807) is 18.5 Å². The Morgan fingerprint density at radius 2 is 2.21 bits per heavy atom. The molecule has 1 saturated heterocycles. The Balaban J connectivity index is 2.99. The fourth-order valence-electron chi connectivity index (χ4n) is 2.44. The summed E-state index contributed by atoms with van der Waals surface area (Å²) in [6.07, 6.45) is 5.53. The Bertz CT molecular complexity index is 572. The van der Waals surface area contributed by atoms with Crippen LogP contribution in [0.3, 0.4) is 0 Å². The zero-order valence-corrected chi connectivity index (χ0v) is 15.7. The van der Waals surface area contributed by atoms with Gasteiger partial charge >= 0.3 is 0 Å². The number of nitriles is 1. The van der Waals surface area contributed by atoms with Gasteiger partial charge in [0, 0.05) is 18.7 Å². The van der Waals surface area contributed by atoms with Crippen LogP contribution in [0.2, 0.25) is 0 Å². The molecule has 0 spiro atoms. The lowest BCUT2D eigenvalue weighted by Gasteiger charge is -2.27. The average molecular weight is 351 g/mol. The molecule has 0 bridgehead atoms. The molecule has 5 nitrogen and oxygen atoms in total. The number of aliphatic hydroxyl groups is 1. The third kappa shape index (κ3) is 6.12. The molecule has 1 N–H and O–H groups in total. The number of aliphatic imine (C=N–C) groups is 1. The molecule has 0 saturated carbocycles. The van der Waals surface area contributed by atoms with Crippen LogP contribution in [0.5, 0.6) is 0 Å². The van der Waals surface area contributed by atoms with Crippen LogP contribution in [-0.2, 0) is 0 Å². The lowest BCUT2D eigenvalue weighted by Crippen LogP contribution is -2.42. The monoisotopic (exact) mass is 350 g/mol. The number of halogens is 1. The van der Waals surface area contributed by atoms with Crippen molar-refractivity contribution in [2.45, 2.75) is 37.8 Å². The molecular formula is C18H27ClN4O. The van der Waals surface area contributed by atoms with Crippen LogP contribution in [0.25, 0.3) is 0 Å². The van der Waals surface area contributed by atoms with Crippen LogP contribution < -0.4 is 0 Å². The van der Waals surface area contributed by atoms with E-state index in [0.29, 0.717) is 11.3 Å². The first-order valence-corrected chi connectivity index (χ1v) is 8.44. The summed E-state index contributed by atoms with van der Waals surface area (Å²) in [5.41, 5.74) is 1.98. The number of allylic oxidation sites excluding steroid dienone is 4. The minimum Gasteiger partial charge on any atom is -0.391 e. The fourth-order valence-corrected chi connectivity index (χ4v) is 2.55. The molecular weight excluding hydrogens is 324 g/mol. The summed E-state index contributed by atoms with van der Waals surface area (Å²) in [6.45, 7) is 8.96. The molecule has 0 aromatic carbocycles. The third-order valence-electron chi connectivity index (χ3n) is 4.04. The molecule has 0 aliphatic carbocycles. The topological polar surface area (TPSA) is 62.9 Å². The molecule has 0 amide bonds. The Morgan fingerprint density at radius 3 is 2.75 bits per heavy atom. The van der Waals surface area contributed by atoms with Crippen molar-refractivity contribution >= 4 is 17.9 Å². The minimum absolute atomic E-state index is 0.0248. The number of hydrogen-bond donors (Lipinski definition) is 1. The lowest BCUT2D eigenvalue weighted by molar-refractivity contribution is 0.122. The number of hydrogen-bond acceptors (Lipinski definition) is 4. The maximum absolute atomic E-state index is 10.2. The second kappa shape index (κ2) is 9.63. The second-order valence-corrected chi connectivity index (χ2v) is 6.98. The van der Waals surface area contributed by atoms with E-state index < -0.39 is 0 Å². The molecule has 1 heterocycles. The molecule has 6 heteroatoms. The summed E-state index contributed by atoms with van der Waals surface area (Å²) in [7, 11) is 3.97. The van der Waals surface area contributed by atoms with Gasteiger partial charge in [-0.05, 0) is 52.1 Å². The SMILES string of the molecule is C=C(C#N)/C=C\C(N=CN1CC[C@@H](O)C1CN(C)C)=C(\C)C(C)Cl. The third-order valence-corrected chi connectivity index (χ3v) is 4.36. The number of alkyl halides is 1. The summed E-state index contributed by atoms with van der Waals surface area (Å²) in [4.78, 5) is 8.67. The highest BCUT2D eigenvalue weighted by Gasteiger charge is 2.31. The normalized spacial score (nSPS) is 23.8. The number of aliphatic hydroxyl groups excluding tert-OH is 1. The molecule has 1 fully saturated rings. The van der Waals surface area contributed by atoms with Gasteiger partial charge in [-0.1, -0.05) is 6.58 Å². The maximum atomic E-state index is 10.2. The Hall–Kier alpha value is -1.61. The molecule has 3 atom stereocenters. The molecule has 2 unspecified atom stereocenters. The molecule has 24 heavy (non-hydrogen) atoms. The maximum Gasteiger partial charge on any atom is 0.0985 e. The zero-order valence-electron chi connectivity index (χ0n) is 14.9. The van der Waals surface area contributed by atoms with Gasteiger partial charge in [0.1, 0.15) is 0 Å². The lowest BCUT2D eigenvalue weighted by atomic mass is 10.1. The number of likely N-dealkylation sites (tertiary alicyclic amines) is 1.